The second-order valence-corrected chi connectivity index (χ2v) is 5.19. The summed E-state index contributed by atoms with van der Waals surface area (Å²) < 4.78 is 5.34. The Morgan fingerprint density at radius 2 is 2.17 bits per heavy atom. The Morgan fingerprint density at radius 1 is 1.39 bits per heavy atom. The van der Waals surface area contributed by atoms with Crippen LogP contribution in [0.15, 0.2) is 0 Å². The summed E-state index contributed by atoms with van der Waals surface area (Å²) in [6.45, 7) is 6.14. The highest BCUT2D eigenvalue weighted by atomic mass is 16.5. The summed E-state index contributed by atoms with van der Waals surface area (Å²) in [5, 5.41) is 6.17. The summed E-state index contributed by atoms with van der Waals surface area (Å²) >= 11 is 0. The van der Waals surface area contributed by atoms with Gasteiger partial charge in [-0.05, 0) is 26.4 Å². The second kappa shape index (κ2) is 6.50. The average Bonchev–Trinajstić information content (AvgIpc) is 3.10. The van der Waals surface area contributed by atoms with Crippen molar-refractivity contribution in [1.29, 1.82) is 0 Å². The fraction of sp³-hybridized carbons (Fsp3) is 0.923. The molecule has 2 unspecified atom stereocenters. The van der Waals surface area contributed by atoms with E-state index >= 15 is 0 Å². The summed E-state index contributed by atoms with van der Waals surface area (Å²) in [7, 11) is 1.88. The Morgan fingerprint density at radius 3 is 2.78 bits per heavy atom. The summed E-state index contributed by atoms with van der Waals surface area (Å²) in [6.07, 6.45) is 2.64. The normalized spacial score (nSPS) is 27.7. The van der Waals surface area contributed by atoms with Crippen molar-refractivity contribution in [1.82, 2.24) is 15.5 Å². The van der Waals surface area contributed by atoms with Gasteiger partial charge >= 0.3 is 0 Å². The van der Waals surface area contributed by atoms with Gasteiger partial charge in [-0.2, -0.15) is 0 Å². The topological polar surface area (TPSA) is 53.6 Å². The van der Waals surface area contributed by atoms with Crippen molar-refractivity contribution in [2.24, 2.45) is 5.92 Å². The van der Waals surface area contributed by atoms with Gasteiger partial charge in [0.05, 0.1) is 19.1 Å². The molecule has 1 heterocycles. The van der Waals surface area contributed by atoms with E-state index in [-0.39, 0.29) is 17.9 Å². The van der Waals surface area contributed by atoms with Crippen LogP contribution in [0.5, 0.6) is 0 Å². The largest absolute Gasteiger partial charge is 0.379 e. The third-order valence-corrected chi connectivity index (χ3v) is 3.96. The molecule has 0 spiro atoms. The van der Waals surface area contributed by atoms with Crippen LogP contribution in [0.3, 0.4) is 0 Å². The first-order valence-electron chi connectivity index (χ1n) is 7.03. The van der Waals surface area contributed by atoms with Gasteiger partial charge in [0.1, 0.15) is 0 Å². The van der Waals surface area contributed by atoms with E-state index in [1.165, 1.54) is 12.8 Å². The number of ether oxygens (including phenoxy) is 1. The standard InChI is InChI=1S/C13H25N3O2/c1-3-16(10-4-5-10)7-6-15-13(17)11-8-18-9-12(11)14-2/h10-12,14H,3-9H2,1-2H3,(H,15,17). The fourth-order valence-corrected chi connectivity index (χ4v) is 2.59. The molecule has 1 saturated carbocycles. The molecule has 0 aromatic carbocycles. The van der Waals surface area contributed by atoms with E-state index in [1.807, 2.05) is 7.05 Å². The molecule has 0 aromatic rings. The molecule has 5 heteroatoms. The zero-order valence-corrected chi connectivity index (χ0v) is 11.4. The van der Waals surface area contributed by atoms with Crippen LogP contribution in [0.1, 0.15) is 19.8 Å². The average molecular weight is 255 g/mol. The Kier molecular flexibility index (Phi) is 4.97. The maximum absolute atomic E-state index is 12.0. The molecule has 5 nitrogen and oxygen atoms in total. The number of nitrogens with one attached hydrogen (secondary N) is 2. The highest BCUT2D eigenvalue weighted by Gasteiger charge is 2.33. The molecule has 1 aliphatic carbocycles. The summed E-state index contributed by atoms with van der Waals surface area (Å²) in [6, 6.07) is 0.933. The molecule has 2 atom stereocenters. The smallest absolute Gasteiger partial charge is 0.227 e. The first-order chi connectivity index (χ1) is 8.76. The Bertz CT molecular complexity index is 281. The molecule has 0 radical (unpaired) electrons. The van der Waals surface area contributed by atoms with Crippen molar-refractivity contribution in [2.75, 3.05) is 39.9 Å². The molecule has 104 valence electrons. The van der Waals surface area contributed by atoms with Gasteiger partial charge in [0.15, 0.2) is 0 Å². The molecule has 0 aromatic heterocycles. The van der Waals surface area contributed by atoms with Gasteiger partial charge in [0.25, 0.3) is 0 Å². The summed E-state index contributed by atoms with van der Waals surface area (Å²) in [5.41, 5.74) is 0. The number of rotatable bonds is 7. The molecule has 1 aliphatic heterocycles. The number of carbonyl (C=O) groups excluding carboxylic acids is 1. The molecule has 2 aliphatic rings. The van der Waals surface area contributed by atoms with E-state index in [9.17, 15) is 4.79 Å². The van der Waals surface area contributed by atoms with Crippen molar-refractivity contribution >= 4 is 5.91 Å². The van der Waals surface area contributed by atoms with Gasteiger partial charge < -0.3 is 15.4 Å². The minimum atomic E-state index is -0.0361. The van der Waals surface area contributed by atoms with Gasteiger partial charge in [-0.1, -0.05) is 6.92 Å². The Labute approximate surface area is 109 Å². The van der Waals surface area contributed by atoms with E-state index < -0.39 is 0 Å². The molecule has 2 N–H and O–H groups in total. The maximum Gasteiger partial charge on any atom is 0.227 e. The lowest BCUT2D eigenvalue weighted by Crippen LogP contribution is -2.44. The molecule has 0 bridgehead atoms. The number of nitrogens with zero attached hydrogens (tertiary/aromatic N) is 1. The van der Waals surface area contributed by atoms with Crippen LogP contribution in [-0.4, -0.2) is 62.8 Å². The van der Waals surface area contributed by atoms with Gasteiger partial charge in [-0.25, -0.2) is 0 Å². The SMILES string of the molecule is CCN(CCNC(=O)C1COCC1NC)C1CC1. The molecule has 18 heavy (non-hydrogen) atoms. The van der Waals surface area contributed by atoms with Crippen LogP contribution in [0.4, 0.5) is 0 Å². The van der Waals surface area contributed by atoms with Crippen molar-refractivity contribution in [3.63, 3.8) is 0 Å². The van der Waals surface area contributed by atoms with E-state index in [0.29, 0.717) is 13.2 Å². The number of carbonyl (C=O) groups is 1. The molecule has 1 amide bonds. The van der Waals surface area contributed by atoms with Crippen LogP contribution in [0.2, 0.25) is 0 Å². The van der Waals surface area contributed by atoms with E-state index in [2.05, 4.69) is 22.5 Å². The lowest BCUT2D eigenvalue weighted by molar-refractivity contribution is -0.125. The lowest BCUT2D eigenvalue weighted by atomic mass is 10.0. The molecular formula is C13H25N3O2. The molecule has 2 fully saturated rings. The third-order valence-electron chi connectivity index (χ3n) is 3.96. The Balaban J connectivity index is 1.67. The summed E-state index contributed by atoms with van der Waals surface area (Å²) in [5.74, 6) is 0.0877. The number of likely N-dealkylation sites (N-methyl/N-ethyl adjacent to an activating group) is 2. The first kappa shape index (κ1) is 13.8. The van der Waals surface area contributed by atoms with Crippen molar-refractivity contribution in [3.05, 3.63) is 0 Å². The molecule has 1 saturated heterocycles. The van der Waals surface area contributed by atoms with Crippen LogP contribution < -0.4 is 10.6 Å². The third kappa shape index (κ3) is 3.43. The van der Waals surface area contributed by atoms with Crippen molar-refractivity contribution in [3.8, 4) is 0 Å². The zero-order valence-electron chi connectivity index (χ0n) is 11.4. The predicted octanol–water partition coefficient (Wildman–Crippen LogP) is -0.179. The highest BCUT2D eigenvalue weighted by Crippen LogP contribution is 2.25. The minimum Gasteiger partial charge on any atom is -0.379 e. The zero-order chi connectivity index (χ0) is 13.0. The highest BCUT2D eigenvalue weighted by molar-refractivity contribution is 5.79. The number of amides is 1. The fourth-order valence-electron chi connectivity index (χ4n) is 2.59. The van der Waals surface area contributed by atoms with Crippen LogP contribution in [0, 0.1) is 5.92 Å². The van der Waals surface area contributed by atoms with Crippen molar-refractivity contribution < 1.29 is 9.53 Å². The van der Waals surface area contributed by atoms with E-state index in [4.69, 9.17) is 4.74 Å². The molecular weight excluding hydrogens is 230 g/mol. The number of hydrogen-bond donors (Lipinski definition) is 2. The minimum absolute atomic E-state index is 0.0361. The molecule has 2 rings (SSSR count). The first-order valence-corrected chi connectivity index (χ1v) is 7.03. The van der Waals surface area contributed by atoms with Crippen LogP contribution in [0.25, 0.3) is 0 Å². The van der Waals surface area contributed by atoms with Crippen LogP contribution >= 0.6 is 0 Å². The van der Waals surface area contributed by atoms with E-state index in [0.717, 1.165) is 25.7 Å². The predicted molar refractivity (Wildman–Crippen MR) is 70.4 cm³/mol. The number of hydrogen-bond acceptors (Lipinski definition) is 4. The van der Waals surface area contributed by atoms with Crippen LogP contribution in [-0.2, 0) is 9.53 Å². The monoisotopic (exact) mass is 255 g/mol. The quantitative estimate of drug-likeness (QED) is 0.663. The Hall–Kier alpha value is -0.650. The lowest BCUT2D eigenvalue weighted by Gasteiger charge is -2.21. The van der Waals surface area contributed by atoms with Gasteiger partial charge in [-0.15, -0.1) is 0 Å². The maximum atomic E-state index is 12.0. The summed E-state index contributed by atoms with van der Waals surface area (Å²) in [4.78, 5) is 14.5. The van der Waals surface area contributed by atoms with E-state index in [1.54, 1.807) is 0 Å². The van der Waals surface area contributed by atoms with Crippen molar-refractivity contribution in [2.45, 2.75) is 31.8 Å². The van der Waals surface area contributed by atoms with Gasteiger partial charge in [0.2, 0.25) is 5.91 Å². The second-order valence-electron chi connectivity index (χ2n) is 5.19. The van der Waals surface area contributed by atoms with Gasteiger partial charge in [0, 0.05) is 25.2 Å². The van der Waals surface area contributed by atoms with Gasteiger partial charge in [-0.3, -0.25) is 9.69 Å².